The van der Waals surface area contributed by atoms with E-state index in [0.29, 0.717) is 13.1 Å². The fourth-order valence-electron chi connectivity index (χ4n) is 2.22. The fraction of sp³-hybridized carbons (Fsp3) is 0.412. The molecule has 0 unspecified atom stereocenters. The Morgan fingerprint density at radius 2 is 2.22 bits per heavy atom. The highest BCUT2D eigenvalue weighted by Gasteiger charge is 2.11. The molecule has 2 amide bonds. The number of urea groups is 1. The Hall–Kier alpha value is -2.08. The number of benzene rings is 1. The van der Waals surface area contributed by atoms with Crippen LogP contribution in [0.1, 0.15) is 27.9 Å². The maximum absolute atomic E-state index is 12.2. The Morgan fingerprint density at radius 1 is 1.43 bits per heavy atom. The van der Waals surface area contributed by atoms with Crippen LogP contribution in [0.2, 0.25) is 0 Å². The van der Waals surface area contributed by atoms with E-state index in [1.54, 1.807) is 30.4 Å². The summed E-state index contributed by atoms with van der Waals surface area (Å²) in [6.45, 7) is 5.11. The molecule has 23 heavy (non-hydrogen) atoms. The Kier molecular flexibility index (Phi) is 5.98. The standard InChI is InChI=1S/C17H23N3O2S/c1-5-14-10-18-16(23-14)11-20(3)17(21)19-9-13-6-7-15(22-4)12(2)8-13/h6-8,10H,5,9,11H2,1-4H3,(H,19,21). The van der Waals surface area contributed by atoms with Crippen molar-refractivity contribution in [2.24, 2.45) is 0 Å². The van der Waals surface area contributed by atoms with E-state index in [1.165, 1.54) is 4.88 Å². The van der Waals surface area contributed by atoms with Crippen LogP contribution in [0.5, 0.6) is 5.75 Å². The predicted molar refractivity (Wildman–Crippen MR) is 92.9 cm³/mol. The van der Waals surface area contributed by atoms with Crippen LogP contribution in [0.15, 0.2) is 24.4 Å². The Bertz CT molecular complexity index is 670. The van der Waals surface area contributed by atoms with Crippen molar-refractivity contribution in [1.29, 1.82) is 0 Å². The molecule has 0 fully saturated rings. The molecule has 1 aromatic carbocycles. The van der Waals surface area contributed by atoms with Gasteiger partial charge in [-0.15, -0.1) is 11.3 Å². The van der Waals surface area contributed by atoms with E-state index in [9.17, 15) is 4.79 Å². The summed E-state index contributed by atoms with van der Waals surface area (Å²) in [7, 11) is 3.43. The summed E-state index contributed by atoms with van der Waals surface area (Å²) >= 11 is 1.65. The van der Waals surface area contributed by atoms with Gasteiger partial charge in [-0.05, 0) is 30.5 Å². The molecule has 6 heteroatoms. The third kappa shape index (κ3) is 4.69. The molecule has 5 nitrogen and oxygen atoms in total. The van der Waals surface area contributed by atoms with Crippen LogP contribution in [0.25, 0.3) is 0 Å². The van der Waals surface area contributed by atoms with Gasteiger partial charge in [0.2, 0.25) is 0 Å². The van der Waals surface area contributed by atoms with Crippen molar-refractivity contribution in [2.75, 3.05) is 14.2 Å². The lowest BCUT2D eigenvalue weighted by Gasteiger charge is -2.17. The van der Waals surface area contributed by atoms with Crippen LogP contribution in [0.4, 0.5) is 4.79 Å². The second kappa shape index (κ2) is 7.97. The van der Waals surface area contributed by atoms with Gasteiger partial charge in [-0.25, -0.2) is 9.78 Å². The number of carbonyl (C=O) groups is 1. The topological polar surface area (TPSA) is 54.5 Å². The van der Waals surface area contributed by atoms with Crippen molar-refractivity contribution in [2.45, 2.75) is 33.4 Å². The van der Waals surface area contributed by atoms with Crippen molar-refractivity contribution in [3.63, 3.8) is 0 Å². The summed E-state index contributed by atoms with van der Waals surface area (Å²) < 4.78 is 5.24. The lowest BCUT2D eigenvalue weighted by Crippen LogP contribution is -2.36. The van der Waals surface area contributed by atoms with Crippen molar-refractivity contribution in [3.8, 4) is 5.75 Å². The number of carbonyl (C=O) groups excluding carboxylic acids is 1. The number of amides is 2. The van der Waals surface area contributed by atoms with Gasteiger partial charge in [-0.3, -0.25) is 0 Å². The molecule has 2 aromatic rings. The second-order valence-corrected chi connectivity index (χ2v) is 6.59. The van der Waals surface area contributed by atoms with Crippen LogP contribution in [-0.4, -0.2) is 30.1 Å². The first-order valence-corrected chi connectivity index (χ1v) is 8.41. The number of hydrogen-bond acceptors (Lipinski definition) is 4. The number of nitrogens with zero attached hydrogens (tertiary/aromatic N) is 2. The highest BCUT2D eigenvalue weighted by molar-refractivity contribution is 7.11. The lowest BCUT2D eigenvalue weighted by molar-refractivity contribution is 0.206. The first-order chi connectivity index (χ1) is 11.0. The molecule has 0 radical (unpaired) electrons. The van der Waals surface area contributed by atoms with Gasteiger partial charge < -0.3 is 15.0 Å². The Labute approximate surface area is 141 Å². The molecular weight excluding hydrogens is 310 g/mol. The lowest BCUT2D eigenvalue weighted by atomic mass is 10.1. The van der Waals surface area contributed by atoms with E-state index >= 15 is 0 Å². The normalized spacial score (nSPS) is 10.4. The molecule has 1 heterocycles. The van der Waals surface area contributed by atoms with Gasteiger partial charge >= 0.3 is 6.03 Å². The van der Waals surface area contributed by atoms with Crippen LogP contribution in [-0.2, 0) is 19.5 Å². The summed E-state index contributed by atoms with van der Waals surface area (Å²) in [5.74, 6) is 0.854. The van der Waals surface area contributed by atoms with E-state index in [2.05, 4.69) is 17.2 Å². The van der Waals surface area contributed by atoms with Gasteiger partial charge in [-0.1, -0.05) is 19.1 Å². The molecule has 1 aromatic heterocycles. The maximum Gasteiger partial charge on any atom is 0.317 e. The minimum atomic E-state index is -0.105. The minimum absolute atomic E-state index is 0.105. The molecule has 0 aliphatic rings. The van der Waals surface area contributed by atoms with Gasteiger partial charge in [0.1, 0.15) is 10.8 Å². The minimum Gasteiger partial charge on any atom is -0.496 e. The molecule has 0 saturated carbocycles. The van der Waals surface area contributed by atoms with Gasteiger partial charge in [0.25, 0.3) is 0 Å². The van der Waals surface area contributed by atoms with E-state index in [1.807, 2.05) is 31.3 Å². The molecule has 0 spiro atoms. The number of aryl methyl sites for hydroxylation is 2. The quantitative estimate of drug-likeness (QED) is 0.882. The van der Waals surface area contributed by atoms with Crippen LogP contribution in [0, 0.1) is 6.92 Å². The van der Waals surface area contributed by atoms with Crippen molar-refractivity contribution < 1.29 is 9.53 Å². The van der Waals surface area contributed by atoms with Crippen LogP contribution >= 0.6 is 11.3 Å². The molecule has 0 saturated heterocycles. The third-order valence-corrected chi connectivity index (χ3v) is 4.70. The molecule has 0 aliphatic heterocycles. The average Bonchev–Trinajstić information content (AvgIpc) is 3.00. The zero-order chi connectivity index (χ0) is 16.8. The number of rotatable bonds is 6. The Balaban J connectivity index is 1.87. The third-order valence-electron chi connectivity index (χ3n) is 3.57. The molecule has 2 rings (SSSR count). The maximum atomic E-state index is 12.2. The van der Waals surface area contributed by atoms with Crippen LogP contribution in [0.3, 0.4) is 0 Å². The SMILES string of the molecule is CCc1cnc(CN(C)C(=O)NCc2ccc(OC)c(C)c2)s1. The summed E-state index contributed by atoms with van der Waals surface area (Å²) in [6.07, 6.45) is 2.86. The number of aromatic nitrogens is 1. The first kappa shape index (κ1) is 17.3. The molecule has 1 N–H and O–H groups in total. The molecular formula is C17H23N3O2S. The monoisotopic (exact) mass is 333 g/mol. The average molecular weight is 333 g/mol. The van der Waals surface area contributed by atoms with Gasteiger partial charge in [0.05, 0.1) is 13.7 Å². The van der Waals surface area contributed by atoms with E-state index in [4.69, 9.17) is 4.74 Å². The van der Waals surface area contributed by atoms with Crippen LogP contribution < -0.4 is 10.1 Å². The zero-order valence-corrected chi connectivity index (χ0v) is 14.9. The van der Waals surface area contributed by atoms with E-state index in [0.717, 1.165) is 28.3 Å². The number of methoxy groups -OCH3 is 1. The molecule has 124 valence electrons. The van der Waals surface area contributed by atoms with E-state index < -0.39 is 0 Å². The first-order valence-electron chi connectivity index (χ1n) is 7.59. The molecule has 0 atom stereocenters. The van der Waals surface area contributed by atoms with Gasteiger partial charge in [0, 0.05) is 24.7 Å². The number of ether oxygens (including phenoxy) is 1. The summed E-state index contributed by atoms with van der Waals surface area (Å²) in [5, 5.41) is 3.89. The van der Waals surface area contributed by atoms with E-state index in [-0.39, 0.29) is 6.03 Å². The second-order valence-electron chi connectivity index (χ2n) is 5.39. The van der Waals surface area contributed by atoms with Crippen molar-refractivity contribution in [3.05, 3.63) is 45.4 Å². The highest BCUT2D eigenvalue weighted by atomic mass is 32.1. The van der Waals surface area contributed by atoms with Crippen molar-refractivity contribution in [1.82, 2.24) is 15.2 Å². The number of hydrogen-bond donors (Lipinski definition) is 1. The van der Waals surface area contributed by atoms with Gasteiger partial charge in [-0.2, -0.15) is 0 Å². The number of nitrogens with one attached hydrogen (secondary N) is 1. The predicted octanol–water partition coefficient (Wildman–Crippen LogP) is 3.36. The van der Waals surface area contributed by atoms with Crippen molar-refractivity contribution >= 4 is 17.4 Å². The summed E-state index contributed by atoms with van der Waals surface area (Å²) in [4.78, 5) is 19.4. The number of thiazole rings is 1. The molecule has 0 aliphatic carbocycles. The smallest absolute Gasteiger partial charge is 0.317 e. The Morgan fingerprint density at radius 3 is 2.83 bits per heavy atom. The summed E-state index contributed by atoms with van der Waals surface area (Å²) in [5.41, 5.74) is 2.11. The zero-order valence-electron chi connectivity index (χ0n) is 14.0. The van der Waals surface area contributed by atoms with Gasteiger partial charge in [0.15, 0.2) is 0 Å². The highest BCUT2D eigenvalue weighted by Crippen LogP contribution is 2.18. The fourth-order valence-corrected chi connectivity index (χ4v) is 3.14. The molecule has 0 bridgehead atoms. The largest absolute Gasteiger partial charge is 0.496 e. The summed E-state index contributed by atoms with van der Waals surface area (Å²) in [6, 6.07) is 5.79.